The molecule has 0 spiro atoms. The third kappa shape index (κ3) is 4.56. The summed E-state index contributed by atoms with van der Waals surface area (Å²) in [5, 5.41) is 6.45. The Hall–Kier alpha value is -1.54. The van der Waals surface area contributed by atoms with Crippen molar-refractivity contribution >= 4 is 28.3 Å². The number of methoxy groups -OCH3 is 1. The van der Waals surface area contributed by atoms with Gasteiger partial charge in [-0.1, -0.05) is 0 Å². The van der Waals surface area contributed by atoms with E-state index >= 15 is 0 Å². The van der Waals surface area contributed by atoms with Gasteiger partial charge < -0.3 is 25.8 Å². The van der Waals surface area contributed by atoms with E-state index in [1.165, 1.54) is 11.5 Å². The van der Waals surface area contributed by atoms with Crippen molar-refractivity contribution in [1.82, 2.24) is 9.69 Å². The van der Waals surface area contributed by atoms with Crippen molar-refractivity contribution in [2.24, 2.45) is 0 Å². The van der Waals surface area contributed by atoms with Crippen molar-refractivity contribution in [2.75, 3.05) is 37.9 Å². The van der Waals surface area contributed by atoms with E-state index < -0.39 is 6.04 Å². The lowest BCUT2D eigenvalue weighted by molar-refractivity contribution is -0.121. The Bertz CT molecular complexity index is 411. The second kappa shape index (κ2) is 7.80. The fourth-order valence-corrected chi connectivity index (χ4v) is 2.11. The van der Waals surface area contributed by atoms with E-state index in [1.807, 2.05) is 6.92 Å². The molecule has 0 saturated carbocycles. The van der Waals surface area contributed by atoms with Crippen LogP contribution < -0.4 is 21.1 Å². The van der Waals surface area contributed by atoms with Crippen LogP contribution in [0.4, 0.5) is 10.8 Å². The van der Waals surface area contributed by atoms with Crippen molar-refractivity contribution in [3.63, 3.8) is 0 Å². The fraction of sp³-hybridized carbons (Fsp3) is 0.636. The molecule has 4 N–H and O–H groups in total. The number of carbonyl (C=O) groups excluding carboxylic acids is 1. The monoisotopic (exact) mass is 288 g/mol. The van der Waals surface area contributed by atoms with Crippen LogP contribution >= 0.6 is 11.5 Å². The quantitative estimate of drug-likeness (QED) is 0.609. The Morgan fingerprint density at radius 3 is 2.95 bits per heavy atom. The van der Waals surface area contributed by atoms with E-state index in [2.05, 4.69) is 15.0 Å². The van der Waals surface area contributed by atoms with E-state index in [0.29, 0.717) is 36.3 Å². The smallest absolute Gasteiger partial charge is 0.242 e. The molecule has 0 aromatic carbocycles. The number of amides is 1. The van der Waals surface area contributed by atoms with Crippen LogP contribution in [0.2, 0.25) is 0 Å². The summed E-state index contributed by atoms with van der Waals surface area (Å²) in [6, 6.07) is -0.407. The average molecular weight is 288 g/mol. The molecule has 1 aromatic rings. The highest BCUT2D eigenvalue weighted by atomic mass is 32.1. The molecule has 108 valence electrons. The highest BCUT2D eigenvalue weighted by Gasteiger charge is 2.18. The molecule has 1 unspecified atom stereocenters. The molecule has 0 aliphatic heterocycles. The van der Waals surface area contributed by atoms with E-state index in [4.69, 9.17) is 15.2 Å². The molecule has 1 rings (SSSR count). The minimum absolute atomic E-state index is 0.119. The summed E-state index contributed by atoms with van der Waals surface area (Å²) < 4.78 is 14.3. The number of nitrogens with two attached hydrogens (primary N) is 1. The first kappa shape index (κ1) is 15.5. The molecule has 1 amide bonds. The van der Waals surface area contributed by atoms with Crippen LogP contribution in [0, 0.1) is 0 Å². The summed E-state index contributed by atoms with van der Waals surface area (Å²) in [5.41, 5.74) is 5.69. The molecule has 0 bridgehead atoms. The molecule has 0 aliphatic carbocycles. The molecule has 0 fully saturated rings. The first-order chi connectivity index (χ1) is 9.10. The number of hydrogen-bond donors (Lipinski definition) is 3. The maximum absolute atomic E-state index is 11.8. The predicted molar refractivity (Wildman–Crippen MR) is 75.7 cm³/mol. The maximum Gasteiger partial charge on any atom is 0.242 e. The number of hydrogen-bond acceptors (Lipinski definition) is 7. The zero-order valence-corrected chi connectivity index (χ0v) is 12.2. The van der Waals surface area contributed by atoms with Gasteiger partial charge in [0, 0.05) is 13.7 Å². The number of aromatic nitrogens is 1. The first-order valence-electron chi connectivity index (χ1n) is 6.01. The molecular formula is C11H20N4O3S. The summed E-state index contributed by atoms with van der Waals surface area (Å²) in [6.07, 6.45) is 0. The van der Waals surface area contributed by atoms with Gasteiger partial charge in [0.15, 0.2) is 16.6 Å². The Morgan fingerprint density at radius 2 is 2.32 bits per heavy atom. The van der Waals surface area contributed by atoms with Crippen molar-refractivity contribution < 1.29 is 14.3 Å². The molecule has 1 atom stereocenters. The topological polar surface area (TPSA) is 98.5 Å². The van der Waals surface area contributed by atoms with Gasteiger partial charge in [-0.25, -0.2) is 0 Å². The highest BCUT2D eigenvalue weighted by Crippen LogP contribution is 2.35. The van der Waals surface area contributed by atoms with Gasteiger partial charge in [0.25, 0.3) is 0 Å². The zero-order chi connectivity index (χ0) is 14.3. The Balaban J connectivity index is 2.56. The molecular weight excluding hydrogens is 268 g/mol. The van der Waals surface area contributed by atoms with Crippen LogP contribution in [0.1, 0.15) is 13.8 Å². The van der Waals surface area contributed by atoms with Gasteiger partial charge in [-0.2, -0.15) is 4.37 Å². The van der Waals surface area contributed by atoms with Crippen LogP contribution in [-0.4, -0.2) is 43.2 Å². The molecule has 19 heavy (non-hydrogen) atoms. The largest absolute Gasteiger partial charge is 0.487 e. The molecule has 0 radical (unpaired) electrons. The van der Waals surface area contributed by atoms with E-state index in [0.717, 1.165) is 0 Å². The van der Waals surface area contributed by atoms with Gasteiger partial charge in [0.1, 0.15) is 6.04 Å². The number of nitrogen functional groups attached to an aromatic ring is 1. The number of ether oxygens (including phenoxy) is 2. The minimum Gasteiger partial charge on any atom is -0.487 e. The number of anilines is 2. The first-order valence-corrected chi connectivity index (χ1v) is 6.78. The summed E-state index contributed by atoms with van der Waals surface area (Å²) in [7, 11) is 1.59. The number of nitrogens with one attached hydrogen (secondary N) is 2. The number of rotatable bonds is 8. The zero-order valence-electron chi connectivity index (χ0n) is 11.4. The summed E-state index contributed by atoms with van der Waals surface area (Å²) >= 11 is 1.17. The fourth-order valence-electron chi connectivity index (χ4n) is 1.36. The van der Waals surface area contributed by atoms with Crippen molar-refractivity contribution in [2.45, 2.75) is 19.9 Å². The molecule has 1 aromatic heterocycles. The van der Waals surface area contributed by atoms with E-state index in [1.54, 1.807) is 14.0 Å². The lowest BCUT2D eigenvalue weighted by Crippen LogP contribution is -2.38. The number of nitrogens with zero attached hydrogens (tertiary/aromatic N) is 1. The van der Waals surface area contributed by atoms with Gasteiger partial charge in [-0.15, -0.1) is 0 Å². The third-order valence-corrected chi connectivity index (χ3v) is 3.08. The van der Waals surface area contributed by atoms with Gasteiger partial charge in [0.05, 0.1) is 13.2 Å². The summed E-state index contributed by atoms with van der Waals surface area (Å²) in [5.74, 6) is 0.719. The van der Waals surface area contributed by atoms with Crippen LogP contribution in [0.25, 0.3) is 0 Å². The van der Waals surface area contributed by atoms with Crippen molar-refractivity contribution in [3.8, 4) is 5.75 Å². The molecule has 7 nitrogen and oxygen atoms in total. The second-order valence-electron chi connectivity index (χ2n) is 3.81. The minimum atomic E-state index is -0.407. The summed E-state index contributed by atoms with van der Waals surface area (Å²) in [4.78, 5) is 11.8. The molecule has 1 heterocycles. The molecule has 0 saturated heterocycles. The predicted octanol–water partition coefficient (Wildman–Crippen LogP) is 0.687. The number of carbonyl (C=O) groups is 1. The Morgan fingerprint density at radius 1 is 1.58 bits per heavy atom. The normalized spacial score (nSPS) is 11.9. The van der Waals surface area contributed by atoms with Gasteiger partial charge in [-0.05, 0) is 25.4 Å². The highest BCUT2D eigenvalue weighted by molar-refractivity contribution is 7.11. The molecule has 0 aliphatic rings. The van der Waals surface area contributed by atoms with Gasteiger partial charge in [-0.3, -0.25) is 4.79 Å². The summed E-state index contributed by atoms with van der Waals surface area (Å²) in [6.45, 7) is 5.07. The SMILES string of the molecule is CCOc1c(N)nsc1NC(C)C(=O)NCCOC. The standard InChI is InChI=1S/C11H20N4O3S/c1-4-18-8-9(12)15-19-11(8)14-7(2)10(16)13-5-6-17-3/h7,14H,4-6H2,1-3H3,(H2,12,15)(H,13,16). The second-order valence-corrected chi connectivity index (χ2v) is 4.58. The molecule has 8 heteroatoms. The van der Waals surface area contributed by atoms with Crippen LogP contribution in [0.5, 0.6) is 5.75 Å². The Kier molecular flexibility index (Phi) is 6.37. The van der Waals surface area contributed by atoms with Crippen molar-refractivity contribution in [3.05, 3.63) is 0 Å². The third-order valence-electron chi connectivity index (χ3n) is 2.31. The maximum atomic E-state index is 11.8. The van der Waals surface area contributed by atoms with Crippen LogP contribution in [0.15, 0.2) is 0 Å². The van der Waals surface area contributed by atoms with Gasteiger partial charge in [0.2, 0.25) is 5.91 Å². The lowest BCUT2D eigenvalue weighted by atomic mass is 10.3. The average Bonchev–Trinajstić information content (AvgIpc) is 2.72. The van der Waals surface area contributed by atoms with Gasteiger partial charge >= 0.3 is 0 Å². The van der Waals surface area contributed by atoms with Crippen LogP contribution in [-0.2, 0) is 9.53 Å². The lowest BCUT2D eigenvalue weighted by Gasteiger charge is -2.14. The van der Waals surface area contributed by atoms with E-state index in [-0.39, 0.29) is 5.91 Å². The Labute approximate surface area is 116 Å². The van der Waals surface area contributed by atoms with Crippen LogP contribution in [0.3, 0.4) is 0 Å². The van der Waals surface area contributed by atoms with E-state index in [9.17, 15) is 4.79 Å². The van der Waals surface area contributed by atoms with Crippen molar-refractivity contribution in [1.29, 1.82) is 0 Å².